The number of anilines is 1. The van der Waals surface area contributed by atoms with Gasteiger partial charge in [0.1, 0.15) is 5.76 Å². The molecule has 0 amide bonds. The van der Waals surface area contributed by atoms with E-state index in [1.54, 1.807) is 6.26 Å². The van der Waals surface area contributed by atoms with E-state index in [-0.39, 0.29) is 24.0 Å². The molecule has 7 nitrogen and oxygen atoms in total. The number of halogens is 1. The Morgan fingerprint density at radius 2 is 1.84 bits per heavy atom. The molecule has 1 saturated carbocycles. The molecule has 170 valence electrons. The van der Waals surface area contributed by atoms with Gasteiger partial charge in [-0.25, -0.2) is 9.97 Å². The van der Waals surface area contributed by atoms with Crippen LogP contribution in [0.2, 0.25) is 0 Å². The minimum Gasteiger partial charge on any atom is -0.469 e. The second-order valence-electron chi connectivity index (χ2n) is 8.40. The maximum absolute atomic E-state index is 5.46. The molecule has 0 unspecified atom stereocenters. The highest BCUT2D eigenvalue weighted by atomic mass is 127. The van der Waals surface area contributed by atoms with Crippen LogP contribution in [0.1, 0.15) is 50.7 Å². The summed E-state index contributed by atoms with van der Waals surface area (Å²) in [4.78, 5) is 16.0. The molecule has 4 rings (SSSR count). The Bertz CT molecular complexity index is 756. The van der Waals surface area contributed by atoms with Crippen molar-refractivity contribution in [1.29, 1.82) is 0 Å². The van der Waals surface area contributed by atoms with Gasteiger partial charge in [-0.2, -0.15) is 0 Å². The van der Waals surface area contributed by atoms with Crippen molar-refractivity contribution in [2.45, 2.75) is 57.4 Å². The Morgan fingerprint density at radius 3 is 2.55 bits per heavy atom. The average Bonchev–Trinajstić information content (AvgIpc) is 3.33. The topological polar surface area (TPSA) is 78.6 Å². The molecule has 2 N–H and O–H groups in total. The largest absolute Gasteiger partial charge is 0.469 e. The Kier molecular flexibility index (Phi) is 9.89. The summed E-state index contributed by atoms with van der Waals surface area (Å²) in [6, 6.07) is 6.25. The van der Waals surface area contributed by atoms with E-state index in [4.69, 9.17) is 9.41 Å². The molecule has 2 fully saturated rings. The highest BCUT2D eigenvalue weighted by Crippen LogP contribution is 2.23. The number of aromatic nitrogens is 2. The summed E-state index contributed by atoms with van der Waals surface area (Å²) in [5.74, 6) is 3.52. The quantitative estimate of drug-likeness (QED) is 0.315. The third-order valence-corrected chi connectivity index (χ3v) is 6.15. The SMILES string of the molecule is I.c1cnc(N2CCC(NC(=NCC3CCCCC3)NCCc3ccco3)CC2)nc1. The highest BCUT2D eigenvalue weighted by Gasteiger charge is 2.22. The summed E-state index contributed by atoms with van der Waals surface area (Å²) in [5, 5.41) is 7.22. The fourth-order valence-electron chi connectivity index (χ4n) is 4.37. The molecule has 2 aromatic heterocycles. The van der Waals surface area contributed by atoms with Crippen molar-refractivity contribution < 1.29 is 4.42 Å². The molecule has 1 aliphatic carbocycles. The lowest BCUT2D eigenvalue weighted by Gasteiger charge is -2.33. The van der Waals surface area contributed by atoms with Crippen LogP contribution in [0.15, 0.2) is 46.3 Å². The minimum absolute atomic E-state index is 0. The van der Waals surface area contributed by atoms with Crippen LogP contribution in [0.25, 0.3) is 0 Å². The molecule has 0 atom stereocenters. The smallest absolute Gasteiger partial charge is 0.225 e. The maximum Gasteiger partial charge on any atom is 0.225 e. The second-order valence-corrected chi connectivity index (χ2v) is 8.40. The van der Waals surface area contributed by atoms with Gasteiger partial charge in [-0.1, -0.05) is 19.3 Å². The zero-order valence-corrected chi connectivity index (χ0v) is 20.5. The van der Waals surface area contributed by atoms with Crippen molar-refractivity contribution in [3.05, 3.63) is 42.6 Å². The number of rotatable bonds is 7. The Hall–Kier alpha value is -1.84. The van der Waals surface area contributed by atoms with Crippen molar-refractivity contribution in [1.82, 2.24) is 20.6 Å². The van der Waals surface area contributed by atoms with Gasteiger partial charge in [0.2, 0.25) is 5.95 Å². The van der Waals surface area contributed by atoms with Crippen LogP contribution in [0.4, 0.5) is 5.95 Å². The molecule has 0 radical (unpaired) electrons. The number of guanidine groups is 1. The van der Waals surface area contributed by atoms with Crippen LogP contribution in [0, 0.1) is 5.92 Å². The van der Waals surface area contributed by atoms with Crippen LogP contribution in [-0.2, 0) is 6.42 Å². The van der Waals surface area contributed by atoms with E-state index in [1.807, 2.05) is 30.6 Å². The third kappa shape index (κ3) is 7.66. The first-order chi connectivity index (χ1) is 14.9. The van der Waals surface area contributed by atoms with Gasteiger partial charge >= 0.3 is 0 Å². The van der Waals surface area contributed by atoms with Crippen LogP contribution in [0.3, 0.4) is 0 Å². The van der Waals surface area contributed by atoms with Gasteiger partial charge in [0.15, 0.2) is 5.96 Å². The van der Waals surface area contributed by atoms with E-state index in [9.17, 15) is 0 Å². The summed E-state index contributed by atoms with van der Waals surface area (Å²) in [6.07, 6.45) is 15.1. The lowest BCUT2D eigenvalue weighted by atomic mass is 9.89. The van der Waals surface area contributed by atoms with Gasteiger partial charge in [0, 0.05) is 51.0 Å². The van der Waals surface area contributed by atoms with Gasteiger partial charge < -0.3 is 20.0 Å². The van der Waals surface area contributed by atoms with Crippen LogP contribution in [0.5, 0.6) is 0 Å². The van der Waals surface area contributed by atoms with Crippen molar-refractivity contribution in [3.63, 3.8) is 0 Å². The monoisotopic (exact) mass is 538 g/mol. The van der Waals surface area contributed by atoms with Crippen molar-refractivity contribution >= 4 is 35.9 Å². The fourth-order valence-corrected chi connectivity index (χ4v) is 4.37. The van der Waals surface area contributed by atoms with E-state index in [0.29, 0.717) is 6.04 Å². The van der Waals surface area contributed by atoms with Crippen molar-refractivity contribution in [2.24, 2.45) is 10.9 Å². The van der Waals surface area contributed by atoms with Crippen LogP contribution in [-0.4, -0.2) is 48.1 Å². The zero-order valence-electron chi connectivity index (χ0n) is 18.2. The summed E-state index contributed by atoms with van der Waals surface area (Å²) in [6.45, 7) is 3.67. The number of aliphatic imine (C=N–C) groups is 1. The minimum atomic E-state index is 0. The molecule has 3 heterocycles. The fraction of sp³-hybridized carbons (Fsp3) is 0.609. The maximum atomic E-state index is 5.46. The summed E-state index contributed by atoms with van der Waals surface area (Å²) in [7, 11) is 0. The summed E-state index contributed by atoms with van der Waals surface area (Å²) < 4.78 is 5.46. The molecule has 2 aromatic rings. The lowest BCUT2D eigenvalue weighted by Crippen LogP contribution is -2.49. The molecule has 2 aliphatic rings. The van der Waals surface area contributed by atoms with E-state index >= 15 is 0 Å². The molecule has 1 aliphatic heterocycles. The van der Waals surface area contributed by atoms with E-state index in [1.165, 1.54) is 32.1 Å². The number of nitrogens with one attached hydrogen (secondary N) is 2. The molecule has 0 aromatic carbocycles. The standard InChI is InChI=1S/C23H34N6O.HI/c1-2-6-19(7-3-1)18-27-22(24-14-9-21-8-4-17-30-21)28-20-10-15-29(16-11-20)23-25-12-5-13-26-23;/h4-5,8,12-13,17,19-20H,1-3,6-7,9-11,14-16,18H2,(H2,24,27,28);1H. The van der Waals surface area contributed by atoms with E-state index < -0.39 is 0 Å². The summed E-state index contributed by atoms with van der Waals surface area (Å²) in [5.41, 5.74) is 0. The van der Waals surface area contributed by atoms with Crippen LogP contribution >= 0.6 is 24.0 Å². The number of furan rings is 1. The Morgan fingerprint density at radius 1 is 1.06 bits per heavy atom. The number of nitrogens with zero attached hydrogens (tertiary/aromatic N) is 4. The van der Waals surface area contributed by atoms with Crippen molar-refractivity contribution in [2.75, 3.05) is 31.1 Å². The molecule has 1 saturated heterocycles. The van der Waals surface area contributed by atoms with Crippen molar-refractivity contribution in [3.8, 4) is 0 Å². The predicted octanol–water partition coefficient (Wildman–Crippen LogP) is 4.01. The summed E-state index contributed by atoms with van der Waals surface area (Å²) >= 11 is 0. The second kappa shape index (κ2) is 12.9. The molecular weight excluding hydrogens is 503 g/mol. The van der Waals surface area contributed by atoms with E-state index in [0.717, 1.165) is 69.0 Å². The number of piperidine rings is 1. The Labute approximate surface area is 202 Å². The number of hydrogen-bond acceptors (Lipinski definition) is 5. The van der Waals surface area contributed by atoms with Gasteiger partial charge in [0.05, 0.1) is 6.26 Å². The predicted molar refractivity (Wildman–Crippen MR) is 135 cm³/mol. The third-order valence-electron chi connectivity index (χ3n) is 6.15. The average molecular weight is 538 g/mol. The van der Waals surface area contributed by atoms with E-state index in [2.05, 4.69) is 25.5 Å². The van der Waals surface area contributed by atoms with Gasteiger partial charge in [-0.05, 0) is 49.8 Å². The van der Waals surface area contributed by atoms with Gasteiger partial charge in [-0.15, -0.1) is 24.0 Å². The molecule has 0 bridgehead atoms. The zero-order chi connectivity index (χ0) is 20.4. The Balaban J connectivity index is 0.00000272. The molecule has 8 heteroatoms. The highest BCUT2D eigenvalue weighted by molar-refractivity contribution is 14.0. The first-order valence-corrected chi connectivity index (χ1v) is 11.5. The first kappa shape index (κ1) is 23.8. The molecule has 0 spiro atoms. The van der Waals surface area contributed by atoms with Gasteiger partial charge in [0.25, 0.3) is 0 Å². The normalized spacial score (nSPS) is 18.5. The van der Waals surface area contributed by atoms with Gasteiger partial charge in [-0.3, -0.25) is 4.99 Å². The van der Waals surface area contributed by atoms with Crippen LogP contribution < -0.4 is 15.5 Å². The molecule has 31 heavy (non-hydrogen) atoms. The lowest BCUT2D eigenvalue weighted by molar-refractivity contribution is 0.365. The number of hydrogen-bond donors (Lipinski definition) is 2. The first-order valence-electron chi connectivity index (χ1n) is 11.5. The molecular formula is C23H35IN6O.